The number of hydrogen-bond acceptors (Lipinski definition) is 2. The van der Waals surface area contributed by atoms with Gasteiger partial charge in [0.05, 0.1) is 6.54 Å². The van der Waals surface area contributed by atoms with E-state index in [4.69, 9.17) is 0 Å². The number of rotatable bonds is 3. The number of hydrogen-bond donors (Lipinski definition) is 0. The first-order valence-corrected chi connectivity index (χ1v) is 6.19. The van der Waals surface area contributed by atoms with Crippen LogP contribution in [0.5, 0.6) is 0 Å². The van der Waals surface area contributed by atoms with E-state index in [0.29, 0.717) is 5.56 Å². The van der Waals surface area contributed by atoms with Crippen molar-refractivity contribution in [2.45, 2.75) is 13.0 Å². The Balaban J connectivity index is 2.02. The predicted molar refractivity (Wildman–Crippen MR) is 69.2 cm³/mol. The molecule has 1 aromatic carbocycles. The summed E-state index contributed by atoms with van der Waals surface area (Å²) in [6.07, 6.45) is 1.23. The fraction of sp³-hybridized carbons (Fsp3) is 0.214. The largest absolute Gasteiger partial charge is 0.264 e. The lowest BCUT2D eigenvalue weighted by Gasteiger charge is -2.08. The highest BCUT2D eigenvalue weighted by molar-refractivity contribution is 5.71. The molecule has 3 aromatic rings. The smallest absolute Gasteiger partial charge is 0.240 e. The van der Waals surface area contributed by atoms with E-state index in [0.717, 1.165) is 11.0 Å². The van der Waals surface area contributed by atoms with Gasteiger partial charge in [-0.1, -0.05) is 29.5 Å². The number of halogens is 2. The number of alkyl halides is 2. The van der Waals surface area contributed by atoms with Crippen LogP contribution in [0.4, 0.5) is 8.78 Å². The molecule has 0 saturated heterocycles. The summed E-state index contributed by atoms with van der Waals surface area (Å²) in [5.74, 6) is 0. The monoisotopic (exact) mass is 275 g/mol. The van der Waals surface area contributed by atoms with Crippen LogP contribution in [-0.4, -0.2) is 15.0 Å². The van der Waals surface area contributed by atoms with Crippen LogP contribution in [-0.2, 0) is 13.6 Å². The second kappa shape index (κ2) is 4.96. The maximum atomic E-state index is 13.0. The molecule has 0 aliphatic rings. The van der Waals surface area contributed by atoms with Crippen LogP contribution in [0, 0.1) is 0 Å². The predicted octanol–water partition coefficient (Wildman–Crippen LogP) is 2.24. The van der Waals surface area contributed by atoms with Gasteiger partial charge in [-0.2, -0.15) is 0 Å². The molecule has 102 valence electrons. The van der Waals surface area contributed by atoms with Crippen LogP contribution >= 0.6 is 0 Å². The Labute approximate surface area is 114 Å². The Morgan fingerprint density at radius 3 is 2.85 bits per heavy atom. The van der Waals surface area contributed by atoms with Crippen LogP contribution in [0.1, 0.15) is 17.6 Å². The van der Waals surface area contributed by atoms with E-state index < -0.39 is 6.43 Å². The van der Waals surface area contributed by atoms with Crippen molar-refractivity contribution >= 4 is 11.0 Å². The third-order valence-corrected chi connectivity index (χ3v) is 3.20. The SMILES string of the molecule is C[n+]1ccc2c(c1)nnn2Cc1ccccc1C(F)F. The normalized spacial score (nSPS) is 11.4. The van der Waals surface area contributed by atoms with Crippen molar-refractivity contribution in [3.8, 4) is 0 Å². The van der Waals surface area contributed by atoms with Crippen molar-refractivity contribution in [3.05, 3.63) is 53.9 Å². The third-order valence-electron chi connectivity index (χ3n) is 3.20. The lowest BCUT2D eigenvalue weighted by molar-refractivity contribution is -0.670. The maximum absolute atomic E-state index is 13.0. The number of aromatic nitrogens is 4. The van der Waals surface area contributed by atoms with Crippen molar-refractivity contribution < 1.29 is 13.3 Å². The topological polar surface area (TPSA) is 34.6 Å². The van der Waals surface area contributed by atoms with Gasteiger partial charge in [-0.15, -0.1) is 5.10 Å². The Hall–Kier alpha value is -2.37. The maximum Gasteiger partial charge on any atom is 0.264 e. The van der Waals surface area contributed by atoms with Crippen molar-refractivity contribution in [1.82, 2.24) is 15.0 Å². The summed E-state index contributed by atoms with van der Waals surface area (Å²) in [4.78, 5) is 0. The highest BCUT2D eigenvalue weighted by atomic mass is 19.3. The lowest BCUT2D eigenvalue weighted by Crippen LogP contribution is -2.26. The third kappa shape index (κ3) is 2.24. The zero-order chi connectivity index (χ0) is 14.1. The molecule has 0 aliphatic carbocycles. The van der Waals surface area contributed by atoms with Crippen molar-refractivity contribution in [2.24, 2.45) is 7.05 Å². The van der Waals surface area contributed by atoms with E-state index in [2.05, 4.69) is 10.3 Å². The van der Waals surface area contributed by atoms with Crippen molar-refractivity contribution in [2.75, 3.05) is 0 Å². The molecule has 2 heterocycles. The second-order valence-corrected chi connectivity index (χ2v) is 4.63. The van der Waals surface area contributed by atoms with Gasteiger partial charge in [0.25, 0.3) is 6.43 Å². The standard InChI is InChI=1S/C14H13F2N4/c1-19-7-6-13-12(9-19)17-18-20(13)8-10-4-2-3-5-11(10)14(15)16/h2-7,9,14H,8H2,1H3/q+1. The van der Waals surface area contributed by atoms with E-state index in [1.54, 1.807) is 22.9 Å². The molecule has 0 aliphatic heterocycles. The first-order valence-electron chi connectivity index (χ1n) is 6.19. The van der Waals surface area contributed by atoms with Crippen LogP contribution in [0.25, 0.3) is 11.0 Å². The highest BCUT2D eigenvalue weighted by Gasteiger charge is 2.14. The molecule has 0 atom stereocenters. The summed E-state index contributed by atoms with van der Waals surface area (Å²) >= 11 is 0. The van der Waals surface area contributed by atoms with Gasteiger partial charge in [0, 0.05) is 11.6 Å². The zero-order valence-electron chi connectivity index (χ0n) is 10.9. The van der Waals surface area contributed by atoms with Gasteiger partial charge in [0.15, 0.2) is 17.9 Å². The molecule has 2 aromatic heterocycles. The molecule has 0 fully saturated rings. The minimum absolute atomic E-state index is 0.0395. The molecule has 4 nitrogen and oxygen atoms in total. The molecule has 0 N–H and O–H groups in total. The summed E-state index contributed by atoms with van der Waals surface area (Å²) in [7, 11) is 1.89. The Kier molecular flexibility index (Phi) is 3.14. The number of benzene rings is 1. The minimum atomic E-state index is -2.49. The van der Waals surface area contributed by atoms with E-state index >= 15 is 0 Å². The quantitative estimate of drug-likeness (QED) is 0.687. The molecular formula is C14H13F2N4+. The summed E-state index contributed by atoms with van der Waals surface area (Å²) in [6, 6.07) is 8.38. The summed E-state index contributed by atoms with van der Waals surface area (Å²) in [5.41, 5.74) is 2.16. The molecule has 20 heavy (non-hydrogen) atoms. The van der Waals surface area contributed by atoms with Gasteiger partial charge in [0.2, 0.25) is 0 Å². The first kappa shape index (κ1) is 12.7. The van der Waals surface area contributed by atoms with Crippen molar-refractivity contribution in [3.63, 3.8) is 0 Å². The average Bonchev–Trinajstić information content (AvgIpc) is 2.81. The molecule has 0 spiro atoms. The minimum Gasteiger partial charge on any atom is -0.240 e. The molecule has 3 rings (SSSR count). The van der Waals surface area contributed by atoms with Crippen molar-refractivity contribution in [1.29, 1.82) is 0 Å². The summed E-state index contributed by atoms with van der Waals surface area (Å²) in [5, 5.41) is 8.10. The first-order chi connectivity index (χ1) is 9.65. The molecule has 0 amide bonds. The van der Waals surface area contributed by atoms with Crippen LogP contribution in [0.3, 0.4) is 0 Å². The van der Waals surface area contributed by atoms with E-state index in [1.807, 2.05) is 30.1 Å². The molecule has 0 radical (unpaired) electrons. The van der Waals surface area contributed by atoms with E-state index in [9.17, 15) is 8.78 Å². The Morgan fingerprint density at radius 2 is 2.05 bits per heavy atom. The van der Waals surface area contributed by atoms with Gasteiger partial charge in [-0.3, -0.25) is 0 Å². The van der Waals surface area contributed by atoms with Crippen LogP contribution in [0.15, 0.2) is 42.7 Å². The number of nitrogens with zero attached hydrogens (tertiary/aromatic N) is 4. The molecule has 0 bridgehead atoms. The molecule has 0 unspecified atom stereocenters. The number of fused-ring (bicyclic) bond motifs is 1. The zero-order valence-corrected chi connectivity index (χ0v) is 10.9. The molecule has 0 saturated carbocycles. The van der Waals surface area contributed by atoms with Gasteiger partial charge < -0.3 is 0 Å². The summed E-state index contributed by atoms with van der Waals surface area (Å²) in [6.45, 7) is 0.282. The van der Waals surface area contributed by atoms with E-state index in [1.165, 1.54) is 6.07 Å². The summed E-state index contributed by atoms with van der Waals surface area (Å²) < 4.78 is 29.5. The Bertz CT molecular complexity index is 752. The molecular weight excluding hydrogens is 262 g/mol. The van der Waals surface area contributed by atoms with Crippen LogP contribution < -0.4 is 4.57 Å². The lowest BCUT2D eigenvalue weighted by atomic mass is 10.1. The molecule has 6 heteroatoms. The number of aryl methyl sites for hydroxylation is 1. The number of pyridine rings is 1. The van der Waals surface area contributed by atoms with Gasteiger partial charge in [0.1, 0.15) is 12.6 Å². The fourth-order valence-corrected chi connectivity index (χ4v) is 2.19. The van der Waals surface area contributed by atoms with E-state index in [-0.39, 0.29) is 12.1 Å². The van der Waals surface area contributed by atoms with Gasteiger partial charge in [-0.05, 0) is 5.56 Å². The fourth-order valence-electron chi connectivity index (χ4n) is 2.19. The van der Waals surface area contributed by atoms with Gasteiger partial charge in [-0.25, -0.2) is 18.0 Å². The Morgan fingerprint density at radius 1 is 1.25 bits per heavy atom. The highest BCUT2D eigenvalue weighted by Crippen LogP contribution is 2.23. The van der Waals surface area contributed by atoms with Gasteiger partial charge >= 0.3 is 0 Å². The average molecular weight is 275 g/mol. The van der Waals surface area contributed by atoms with Crippen LogP contribution in [0.2, 0.25) is 0 Å². The second-order valence-electron chi connectivity index (χ2n) is 4.63.